The van der Waals surface area contributed by atoms with Crippen molar-refractivity contribution in [2.45, 2.75) is 33.2 Å². The number of rotatable bonds is 3. The predicted molar refractivity (Wildman–Crippen MR) is 65.4 cm³/mol. The van der Waals surface area contributed by atoms with Crippen molar-refractivity contribution in [2.24, 2.45) is 0 Å². The Morgan fingerprint density at radius 2 is 2.12 bits per heavy atom. The predicted octanol–water partition coefficient (Wildman–Crippen LogP) is 1.72. The largest absolute Gasteiger partial charge is 0.323 e. The van der Waals surface area contributed by atoms with Crippen molar-refractivity contribution in [3.63, 3.8) is 0 Å². The lowest BCUT2D eigenvalue weighted by Gasteiger charge is -2.20. The smallest absolute Gasteiger partial charge is 0.238 e. The van der Waals surface area contributed by atoms with Crippen molar-refractivity contribution < 1.29 is 4.79 Å². The normalized spacial score (nSPS) is 11.2. The number of hydrogen-bond acceptors (Lipinski definition) is 3. The van der Waals surface area contributed by atoms with Crippen LogP contribution in [0.2, 0.25) is 0 Å². The zero-order valence-corrected chi connectivity index (χ0v) is 10.3. The van der Waals surface area contributed by atoms with Gasteiger partial charge >= 0.3 is 0 Å². The van der Waals surface area contributed by atoms with Crippen LogP contribution in [0.5, 0.6) is 0 Å². The number of hydrogen-bond donors (Lipinski definition) is 2. The summed E-state index contributed by atoms with van der Waals surface area (Å²) in [5.41, 5.74) is 1.54. The van der Waals surface area contributed by atoms with Gasteiger partial charge in [-0.05, 0) is 39.8 Å². The molecule has 0 atom stereocenters. The van der Waals surface area contributed by atoms with Crippen LogP contribution in [0.15, 0.2) is 18.3 Å². The molecule has 1 aromatic heterocycles. The Hall–Kier alpha value is -1.42. The summed E-state index contributed by atoms with van der Waals surface area (Å²) in [6.45, 7) is 8.24. The molecule has 0 unspecified atom stereocenters. The standard InChI is InChI=1S/C12H19N3O/c1-9-10(6-5-7-13-9)15-11(16)8-14-12(2,3)4/h5-7,14H,8H2,1-4H3,(H,15,16). The van der Waals surface area contributed by atoms with Crippen molar-refractivity contribution in [2.75, 3.05) is 11.9 Å². The van der Waals surface area contributed by atoms with E-state index in [9.17, 15) is 4.79 Å². The Kier molecular flexibility index (Phi) is 4.01. The topological polar surface area (TPSA) is 54.0 Å². The van der Waals surface area contributed by atoms with Gasteiger partial charge in [-0.3, -0.25) is 9.78 Å². The maximum atomic E-state index is 11.6. The van der Waals surface area contributed by atoms with E-state index in [1.807, 2.05) is 33.8 Å². The van der Waals surface area contributed by atoms with E-state index in [1.165, 1.54) is 0 Å². The molecule has 0 bridgehead atoms. The molecule has 1 aromatic rings. The molecule has 0 fully saturated rings. The highest BCUT2D eigenvalue weighted by Gasteiger charge is 2.11. The van der Waals surface area contributed by atoms with E-state index in [2.05, 4.69) is 15.6 Å². The molecule has 88 valence electrons. The maximum Gasteiger partial charge on any atom is 0.238 e. The molecule has 1 rings (SSSR count). The number of nitrogens with one attached hydrogen (secondary N) is 2. The van der Waals surface area contributed by atoms with Gasteiger partial charge in [0.05, 0.1) is 17.9 Å². The van der Waals surface area contributed by atoms with Crippen molar-refractivity contribution in [1.29, 1.82) is 0 Å². The second-order valence-electron chi connectivity index (χ2n) is 4.79. The van der Waals surface area contributed by atoms with Gasteiger partial charge in [0.1, 0.15) is 0 Å². The fourth-order valence-corrected chi connectivity index (χ4v) is 1.16. The van der Waals surface area contributed by atoms with E-state index in [4.69, 9.17) is 0 Å². The summed E-state index contributed by atoms with van der Waals surface area (Å²) in [7, 11) is 0. The van der Waals surface area contributed by atoms with Crippen LogP contribution in [0.4, 0.5) is 5.69 Å². The lowest BCUT2D eigenvalue weighted by molar-refractivity contribution is -0.115. The van der Waals surface area contributed by atoms with Crippen molar-refractivity contribution in [3.05, 3.63) is 24.0 Å². The Bertz CT molecular complexity index is 369. The number of pyridine rings is 1. The lowest BCUT2D eigenvalue weighted by Crippen LogP contribution is -2.41. The first kappa shape index (κ1) is 12.6. The molecule has 4 nitrogen and oxygen atoms in total. The van der Waals surface area contributed by atoms with E-state index >= 15 is 0 Å². The van der Waals surface area contributed by atoms with Gasteiger partial charge in [-0.2, -0.15) is 0 Å². The van der Waals surface area contributed by atoms with E-state index in [-0.39, 0.29) is 11.4 Å². The number of aryl methyl sites for hydroxylation is 1. The van der Waals surface area contributed by atoms with Gasteiger partial charge in [-0.15, -0.1) is 0 Å². The molecular weight excluding hydrogens is 202 g/mol. The van der Waals surface area contributed by atoms with Gasteiger partial charge in [-0.25, -0.2) is 0 Å². The first-order chi connectivity index (χ1) is 7.38. The van der Waals surface area contributed by atoms with Crippen LogP contribution in [0.3, 0.4) is 0 Å². The van der Waals surface area contributed by atoms with E-state index in [0.29, 0.717) is 6.54 Å². The molecule has 0 aliphatic rings. The minimum Gasteiger partial charge on any atom is -0.323 e. The summed E-state index contributed by atoms with van der Waals surface area (Å²) in [5, 5.41) is 5.95. The van der Waals surface area contributed by atoms with Gasteiger partial charge in [0.2, 0.25) is 5.91 Å². The van der Waals surface area contributed by atoms with Gasteiger partial charge in [-0.1, -0.05) is 0 Å². The fourth-order valence-electron chi connectivity index (χ4n) is 1.16. The highest BCUT2D eigenvalue weighted by atomic mass is 16.1. The molecule has 0 saturated carbocycles. The summed E-state index contributed by atoms with van der Waals surface area (Å²) in [4.78, 5) is 15.7. The SMILES string of the molecule is Cc1ncccc1NC(=O)CNC(C)(C)C. The molecule has 0 saturated heterocycles. The quantitative estimate of drug-likeness (QED) is 0.817. The molecule has 4 heteroatoms. The second-order valence-corrected chi connectivity index (χ2v) is 4.79. The third-order valence-corrected chi connectivity index (χ3v) is 2.06. The summed E-state index contributed by atoms with van der Waals surface area (Å²) in [5.74, 6) is -0.0500. The van der Waals surface area contributed by atoms with Gasteiger partial charge < -0.3 is 10.6 Å². The van der Waals surface area contributed by atoms with Crippen molar-refractivity contribution in [3.8, 4) is 0 Å². The molecule has 0 aromatic carbocycles. The number of carbonyl (C=O) groups excluding carboxylic acids is 1. The van der Waals surface area contributed by atoms with Crippen LogP contribution in [-0.2, 0) is 4.79 Å². The lowest BCUT2D eigenvalue weighted by atomic mass is 10.1. The Balaban J connectivity index is 2.50. The Labute approximate surface area is 96.5 Å². The zero-order valence-electron chi connectivity index (χ0n) is 10.3. The molecule has 16 heavy (non-hydrogen) atoms. The van der Waals surface area contributed by atoms with Gasteiger partial charge in [0, 0.05) is 11.7 Å². The van der Waals surface area contributed by atoms with Crippen LogP contribution in [0, 0.1) is 6.92 Å². The molecule has 1 amide bonds. The summed E-state index contributed by atoms with van der Waals surface area (Å²) in [6, 6.07) is 3.65. The monoisotopic (exact) mass is 221 g/mol. The minimum atomic E-state index is -0.0542. The molecule has 0 aliphatic heterocycles. The first-order valence-corrected chi connectivity index (χ1v) is 5.35. The molecule has 1 heterocycles. The highest BCUT2D eigenvalue weighted by molar-refractivity contribution is 5.92. The minimum absolute atomic E-state index is 0.0500. The van der Waals surface area contributed by atoms with Gasteiger partial charge in [0.15, 0.2) is 0 Å². The van der Waals surface area contributed by atoms with E-state index in [1.54, 1.807) is 12.3 Å². The van der Waals surface area contributed by atoms with Crippen molar-refractivity contribution >= 4 is 11.6 Å². The average Bonchev–Trinajstić information content (AvgIpc) is 2.18. The van der Waals surface area contributed by atoms with Crippen LogP contribution in [0.25, 0.3) is 0 Å². The molecular formula is C12H19N3O. The second kappa shape index (κ2) is 5.07. The Morgan fingerprint density at radius 1 is 1.44 bits per heavy atom. The third-order valence-electron chi connectivity index (χ3n) is 2.06. The number of amides is 1. The number of carbonyl (C=O) groups is 1. The van der Waals surface area contributed by atoms with E-state index in [0.717, 1.165) is 11.4 Å². The fraction of sp³-hybridized carbons (Fsp3) is 0.500. The number of nitrogens with zero attached hydrogens (tertiary/aromatic N) is 1. The summed E-state index contributed by atoms with van der Waals surface area (Å²) < 4.78 is 0. The molecule has 0 radical (unpaired) electrons. The maximum absolute atomic E-state index is 11.6. The molecule has 2 N–H and O–H groups in total. The summed E-state index contributed by atoms with van der Waals surface area (Å²) in [6.07, 6.45) is 1.71. The van der Waals surface area contributed by atoms with Crippen LogP contribution < -0.4 is 10.6 Å². The van der Waals surface area contributed by atoms with E-state index < -0.39 is 0 Å². The Morgan fingerprint density at radius 3 is 2.69 bits per heavy atom. The molecule has 0 aliphatic carbocycles. The number of aromatic nitrogens is 1. The zero-order chi connectivity index (χ0) is 12.2. The average molecular weight is 221 g/mol. The number of anilines is 1. The van der Waals surface area contributed by atoms with Crippen LogP contribution in [0.1, 0.15) is 26.5 Å². The van der Waals surface area contributed by atoms with Crippen LogP contribution in [-0.4, -0.2) is 23.0 Å². The first-order valence-electron chi connectivity index (χ1n) is 5.35. The molecule has 0 spiro atoms. The van der Waals surface area contributed by atoms with Crippen LogP contribution >= 0.6 is 0 Å². The van der Waals surface area contributed by atoms with Crippen molar-refractivity contribution in [1.82, 2.24) is 10.3 Å². The third kappa shape index (κ3) is 4.40. The summed E-state index contributed by atoms with van der Waals surface area (Å²) >= 11 is 0. The van der Waals surface area contributed by atoms with Gasteiger partial charge in [0.25, 0.3) is 0 Å². The highest BCUT2D eigenvalue weighted by Crippen LogP contribution is 2.09.